The molecule has 3 aromatic heterocycles. The average Bonchev–Trinajstić information content (AvgIpc) is 3.05. The number of ether oxygens (including phenoxy) is 1. The molecular weight excluding hydrogens is 528 g/mol. The molecule has 0 radical (unpaired) electrons. The monoisotopic (exact) mass is 554 g/mol. The Kier molecular flexibility index (Phi) is 8.61. The van der Waals surface area contributed by atoms with Gasteiger partial charge in [0.05, 0.1) is 35.4 Å². The highest BCUT2D eigenvalue weighted by Gasteiger charge is 2.23. The third-order valence-corrected chi connectivity index (χ3v) is 6.35. The molecule has 3 heterocycles. The summed E-state index contributed by atoms with van der Waals surface area (Å²) in [6, 6.07) is 27.4. The van der Waals surface area contributed by atoms with Crippen LogP contribution in [0.2, 0.25) is 0 Å². The highest BCUT2D eigenvalue weighted by molar-refractivity contribution is 5.96. The number of pyridine rings is 3. The number of nitrogens with zero attached hydrogens (tertiary/aromatic N) is 3. The average molecular weight is 555 g/mol. The van der Waals surface area contributed by atoms with Crippen LogP contribution in [0.15, 0.2) is 109 Å². The Labute approximate surface area is 243 Å². The lowest BCUT2D eigenvalue weighted by Gasteiger charge is -2.17. The third-order valence-electron chi connectivity index (χ3n) is 6.35. The molecule has 5 aromatic rings. The van der Waals surface area contributed by atoms with Crippen molar-refractivity contribution >= 4 is 11.9 Å². The van der Waals surface area contributed by atoms with Crippen molar-refractivity contribution < 1.29 is 19.4 Å². The number of esters is 1. The van der Waals surface area contributed by atoms with Crippen molar-refractivity contribution in [2.45, 2.75) is 12.5 Å². The van der Waals surface area contributed by atoms with E-state index in [1.54, 1.807) is 54.9 Å². The number of aromatic nitrogens is 3. The molecule has 8 heteroatoms. The molecule has 2 N–H and O–H groups in total. The molecule has 2 aromatic carbocycles. The van der Waals surface area contributed by atoms with Crippen LogP contribution in [0.1, 0.15) is 27.0 Å². The zero-order chi connectivity index (χ0) is 29.3. The highest BCUT2D eigenvalue weighted by Crippen LogP contribution is 2.23. The molecule has 8 nitrogen and oxygen atoms in total. The molecule has 0 aliphatic rings. The van der Waals surface area contributed by atoms with Gasteiger partial charge in [-0.1, -0.05) is 48.2 Å². The van der Waals surface area contributed by atoms with Crippen molar-refractivity contribution in [1.29, 1.82) is 0 Å². The van der Waals surface area contributed by atoms with E-state index in [4.69, 9.17) is 9.72 Å². The molecule has 0 spiro atoms. The first kappa shape index (κ1) is 27.7. The van der Waals surface area contributed by atoms with Gasteiger partial charge in [0.15, 0.2) is 0 Å². The summed E-state index contributed by atoms with van der Waals surface area (Å²) >= 11 is 0. The maximum atomic E-state index is 12.7. The summed E-state index contributed by atoms with van der Waals surface area (Å²) in [7, 11) is 1.27. The van der Waals surface area contributed by atoms with Gasteiger partial charge in [-0.3, -0.25) is 14.8 Å². The van der Waals surface area contributed by atoms with E-state index in [9.17, 15) is 14.7 Å². The minimum atomic E-state index is -0.935. The Balaban J connectivity index is 1.44. The largest absolute Gasteiger partial charge is 0.507 e. The van der Waals surface area contributed by atoms with Crippen LogP contribution in [0.4, 0.5) is 0 Å². The second-order valence-corrected chi connectivity index (χ2v) is 9.28. The summed E-state index contributed by atoms with van der Waals surface area (Å²) in [5.41, 5.74) is 4.77. The fraction of sp³-hybridized carbons (Fsp3) is 0.0882. The van der Waals surface area contributed by atoms with E-state index in [0.29, 0.717) is 45.0 Å². The number of carbonyl (C=O) groups excluding carboxylic acids is 2. The van der Waals surface area contributed by atoms with E-state index in [1.807, 2.05) is 48.5 Å². The van der Waals surface area contributed by atoms with Gasteiger partial charge in [-0.15, -0.1) is 0 Å². The summed E-state index contributed by atoms with van der Waals surface area (Å²) in [5.74, 6) is 5.17. The second kappa shape index (κ2) is 13.0. The van der Waals surface area contributed by atoms with Crippen molar-refractivity contribution in [1.82, 2.24) is 20.3 Å². The molecule has 1 amide bonds. The van der Waals surface area contributed by atoms with Gasteiger partial charge in [0.25, 0.3) is 5.91 Å². The van der Waals surface area contributed by atoms with Crippen LogP contribution in [-0.4, -0.2) is 45.1 Å². The van der Waals surface area contributed by atoms with Gasteiger partial charge in [-0.25, -0.2) is 9.78 Å². The fourth-order valence-electron chi connectivity index (χ4n) is 4.25. The first-order valence-corrected chi connectivity index (χ1v) is 13.1. The number of phenolic OH excluding ortho intramolecular Hbond substituents is 1. The molecule has 1 atom stereocenters. The molecule has 0 bridgehead atoms. The van der Waals surface area contributed by atoms with Crippen molar-refractivity contribution in [3.05, 3.63) is 132 Å². The number of nitrogens with one attached hydrogen (secondary N) is 1. The normalized spacial score (nSPS) is 11.1. The molecule has 206 valence electrons. The van der Waals surface area contributed by atoms with Crippen LogP contribution < -0.4 is 5.32 Å². The first-order valence-electron chi connectivity index (χ1n) is 13.1. The quantitative estimate of drug-likeness (QED) is 0.219. The highest BCUT2D eigenvalue weighted by atomic mass is 16.5. The van der Waals surface area contributed by atoms with Crippen LogP contribution in [0.25, 0.3) is 22.8 Å². The van der Waals surface area contributed by atoms with Crippen LogP contribution in [0.5, 0.6) is 5.75 Å². The lowest BCUT2D eigenvalue weighted by Crippen LogP contribution is -2.43. The predicted molar refractivity (Wildman–Crippen MR) is 158 cm³/mol. The summed E-state index contributed by atoms with van der Waals surface area (Å²) in [6.07, 6.45) is 3.54. The minimum absolute atomic E-state index is 0.0156. The number of rotatable bonds is 7. The second-order valence-electron chi connectivity index (χ2n) is 9.28. The maximum Gasteiger partial charge on any atom is 0.328 e. The zero-order valence-electron chi connectivity index (χ0n) is 22.7. The topological polar surface area (TPSA) is 114 Å². The van der Waals surface area contributed by atoms with E-state index in [0.717, 1.165) is 0 Å². The first-order chi connectivity index (χ1) is 20.5. The molecule has 0 unspecified atom stereocenters. The number of amides is 1. The summed E-state index contributed by atoms with van der Waals surface area (Å²) in [5, 5.41) is 13.3. The standard InChI is InChI=1S/C34H26N4O4/c1-42-34(41)31(38-33(40)25-9-3-2-4-10-25)22-23-14-16-32(39)26(19-23)15-13-24-20-29(27-11-5-7-17-35-27)37-30(21-24)28-12-6-8-18-36-28/h2-12,14,16-21,31,39H,22H2,1H3,(H,38,40)/t31-/m0/s1. The number of carbonyl (C=O) groups is 2. The summed E-state index contributed by atoms with van der Waals surface area (Å²) in [4.78, 5) is 38.8. The van der Waals surface area contributed by atoms with E-state index >= 15 is 0 Å². The Morgan fingerprint density at radius 1 is 0.810 bits per heavy atom. The Hall–Kier alpha value is -5.81. The van der Waals surface area contributed by atoms with E-state index < -0.39 is 17.9 Å². The number of hydrogen-bond acceptors (Lipinski definition) is 7. The predicted octanol–water partition coefficient (Wildman–Crippen LogP) is 4.83. The van der Waals surface area contributed by atoms with Crippen molar-refractivity contribution in [3.8, 4) is 40.4 Å². The molecule has 0 aliphatic heterocycles. The smallest absolute Gasteiger partial charge is 0.328 e. The minimum Gasteiger partial charge on any atom is -0.507 e. The Morgan fingerprint density at radius 2 is 1.45 bits per heavy atom. The molecule has 0 fully saturated rings. The summed E-state index contributed by atoms with van der Waals surface area (Å²) < 4.78 is 4.93. The lowest BCUT2D eigenvalue weighted by molar-refractivity contribution is -0.142. The molecule has 0 saturated heterocycles. The SMILES string of the molecule is COC(=O)[C@H](Cc1ccc(O)c(C#Cc2cc(-c3ccccn3)nc(-c3ccccn3)c2)c1)NC(=O)c1ccccc1. The molecule has 0 aliphatic carbocycles. The van der Waals surface area contributed by atoms with Crippen molar-refractivity contribution in [2.24, 2.45) is 0 Å². The van der Waals surface area contributed by atoms with Gasteiger partial charge >= 0.3 is 5.97 Å². The van der Waals surface area contributed by atoms with Crippen LogP contribution in [0.3, 0.4) is 0 Å². The Morgan fingerprint density at radius 3 is 2.05 bits per heavy atom. The third kappa shape index (κ3) is 6.84. The fourth-order valence-corrected chi connectivity index (χ4v) is 4.25. The van der Waals surface area contributed by atoms with Gasteiger partial charge in [0.2, 0.25) is 0 Å². The van der Waals surface area contributed by atoms with E-state index in [1.165, 1.54) is 13.2 Å². The molecule has 5 rings (SSSR count). The maximum absolute atomic E-state index is 12.7. The zero-order valence-corrected chi connectivity index (χ0v) is 22.7. The number of methoxy groups -OCH3 is 1. The van der Waals surface area contributed by atoms with Crippen LogP contribution in [-0.2, 0) is 16.0 Å². The molecule has 42 heavy (non-hydrogen) atoms. The lowest BCUT2D eigenvalue weighted by atomic mass is 10.0. The van der Waals surface area contributed by atoms with Gasteiger partial charge in [-0.05, 0) is 66.2 Å². The number of hydrogen-bond donors (Lipinski definition) is 2. The van der Waals surface area contributed by atoms with Crippen LogP contribution in [0, 0.1) is 11.8 Å². The number of aromatic hydroxyl groups is 1. The van der Waals surface area contributed by atoms with E-state index in [2.05, 4.69) is 27.1 Å². The Bertz CT molecular complexity index is 1710. The van der Waals surface area contributed by atoms with Crippen molar-refractivity contribution in [3.63, 3.8) is 0 Å². The summed E-state index contributed by atoms with van der Waals surface area (Å²) in [6.45, 7) is 0. The van der Waals surface area contributed by atoms with Crippen molar-refractivity contribution in [2.75, 3.05) is 7.11 Å². The van der Waals surface area contributed by atoms with Gasteiger partial charge in [0.1, 0.15) is 11.8 Å². The van der Waals surface area contributed by atoms with Gasteiger partial charge in [-0.2, -0.15) is 0 Å². The molecular formula is C34H26N4O4. The number of phenols is 1. The molecule has 0 saturated carbocycles. The van der Waals surface area contributed by atoms with Gasteiger partial charge < -0.3 is 15.2 Å². The number of benzene rings is 2. The van der Waals surface area contributed by atoms with E-state index in [-0.39, 0.29) is 12.2 Å². The van der Waals surface area contributed by atoms with Crippen LogP contribution >= 0.6 is 0 Å². The van der Waals surface area contributed by atoms with Gasteiger partial charge in [0, 0.05) is 29.9 Å².